The highest BCUT2D eigenvalue weighted by Gasteiger charge is 2.18. The first-order valence-corrected chi connectivity index (χ1v) is 10.5. The van der Waals surface area contributed by atoms with E-state index in [4.69, 9.17) is 4.74 Å². The lowest BCUT2D eigenvalue weighted by Gasteiger charge is -2.11. The van der Waals surface area contributed by atoms with Gasteiger partial charge >= 0.3 is 5.97 Å². The van der Waals surface area contributed by atoms with Gasteiger partial charge in [0.1, 0.15) is 11.4 Å². The van der Waals surface area contributed by atoms with Gasteiger partial charge in [-0.3, -0.25) is 14.6 Å². The minimum Gasteiger partial charge on any atom is -0.508 e. The van der Waals surface area contributed by atoms with Crippen molar-refractivity contribution in [3.05, 3.63) is 99.4 Å². The summed E-state index contributed by atoms with van der Waals surface area (Å²) in [5, 5.41) is 14.8. The number of pyridine rings is 1. The third kappa shape index (κ3) is 6.50. The number of halogens is 1. The second kappa shape index (κ2) is 11.1. The summed E-state index contributed by atoms with van der Waals surface area (Å²) in [4.78, 5) is 41.3. The Morgan fingerprint density at radius 1 is 1.06 bits per heavy atom. The highest BCUT2D eigenvalue weighted by atomic mass is 79.9. The van der Waals surface area contributed by atoms with E-state index in [0.717, 1.165) is 5.56 Å². The molecule has 0 aliphatic rings. The molecule has 0 aliphatic heterocycles. The van der Waals surface area contributed by atoms with Gasteiger partial charge in [0, 0.05) is 29.0 Å². The van der Waals surface area contributed by atoms with Gasteiger partial charge in [-0.2, -0.15) is 0 Å². The number of nitrogens with one attached hydrogen (secondary N) is 2. The van der Waals surface area contributed by atoms with Gasteiger partial charge in [0.2, 0.25) is 0 Å². The standard InChI is InChI=1S/C24H20BrN3O5/c1-33-24(32)21(12-15-7-9-26-10-8-15)28-23(31)19-6-5-17(13-20(19)25)22(30)27-14-16-3-2-4-18(29)11-16/h2-13,29H,14H2,1H3,(H,27,30)(H,28,31)/b21-12-. The van der Waals surface area contributed by atoms with Crippen molar-refractivity contribution in [2.75, 3.05) is 7.11 Å². The van der Waals surface area contributed by atoms with E-state index < -0.39 is 11.9 Å². The zero-order valence-electron chi connectivity index (χ0n) is 17.5. The number of ether oxygens (including phenoxy) is 1. The largest absolute Gasteiger partial charge is 0.508 e. The summed E-state index contributed by atoms with van der Waals surface area (Å²) in [5.41, 5.74) is 1.91. The zero-order chi connectivity index (χ0) is 23.8. The van der Waals surface area contributed by atoms with Gasteiger partial charge in [0.15, 0.2) is 0 Å². The Kier molecular flexibility index (Phi) is 7.93. The number of esters is 1. The van der Waals surface area contributed by atoms with E-state index in [-0.39, 0.29) is 29.5 Å². The first kappa shape index (κ1) is 23.7. The van der Waals surface area contributed by atoms with E-state index in [1.807, 2.05) is 0 Å². The SMILES string of the molecule is COC(=O)/C(=C/c1ccncc1)NC(=O)c1ccc(C(=O)NCc2cccc(O)c2)cc1Br. The number of phenolic OH excluding ortho intramolecular Hbond substituents is 1. The highest BCUT2D eigenvalue weighted by Crippen LogP contribution is 2.20. The zero-order valence-corrected chi connectivity index (χ0v) is 19.1. The maximum absolute atomic E-state index is 12.8. The summed E-state index contributed by atoms with van der Waals surface area (Å²) < 4.78 is 5.13. The monoisotopic (exact) mass is 509 g/mol. The van der Waals surface area contributed by atoms with Gasteiger partial charge < -0.3 is 20.5 Å². The summed E-state index contributed by atoms with van der Waals surface area (Å²) >= 11 is 3.31. The average molecular weight is 510 g/mol. The quantitative estimate of drug-likeness (QED) is 0.331. The maximum atomic E-state index is 12.8. The van der Waals surface area contributed by atoms with Crippen LogP contribution in [0.2, 0.25) is 0 Å². The lowest BCUT2D eigenvalue weighted by atomic mass is 10.1. The molecule has 9 heteroatoms. The second-order valence-corrected chi connectivity index (χ2v) is 7.69. The number of nitrogens with zero attached hydrogens (tertiary/aromatic N) is 1. The summed E-state index contributed by atoms with van der Waals surface area (Å²) in [6.45, 7) is 0.232. The molecule has 8 nitrogen and oxygen atoms in total. The van der Waals surface area contributed by atoms with Crippen molar-refractivity contribution in [2.45, 2.75) is 6.54 Å². The second-order valence-electron chi connectivity index (χ2n) is 6.83. The number of methoxy groups -OCH3 is 1. The van der Waals surface area contributed by atoms with Crippen molar-refractivity contribution in [2.24, 2.45) is 0 Å². The van der Waals surface area contributed by atoms with E-state index in [1.165, 1.54) is 31.4 Å². The van der Waals surface area contributed by atoms with E-state index in [1.54, 1.807) is 48.8 Å². The molecule has 1 heterocycles. The Morgan fingerprint density at radius 2 is 1.82 bits per heavy atom. The predicted octanol–water partition coefficient (Wildman–Crippen LogP) is 3.42. The minimum absolute atomic E-state index is 0.0477. The van der Waals surface area contributed by atoms with E-state index in [9.17, 15) is 19.5 Å². The molecule has 0 saturated heterocycles. The average Bonchev–Trinajstić information content (AvgIpc) is 2.82. The molecule has 0 unspecified atom stereocenters. The van der Waals surface area contributed by atoms with Crippen LogP contribution >= 0.6 is 15.9 Å². The molecule has 3 N–H and O–H groups in total. The Bertz CT molecular complexity index is 1210. The van der Waals surface area contributed by atoms with Crippen molar-refractivity contribution in [1.29, 1.82) is 0 Å². The van der Waals surface area contributed by atoms with Crippen molar-refractivity contribution in [1.82, 2.24) is 15.6 Å². The highest BCUT2D eigenvalue weighted by molar-refractivity contribution is 9.10. The van der Waals surface area contributed by atoms with Crippen molar-refractivity contribution >= 4 is 39.8 Å². The molecular formula is C24H20BrN3O5. The van der Waals surface area contributed by atoms with Crippen LogP contribution in [0.5, 0.6) is 5.75 Å². The molecular weight excluding hydrogens is 490 g/mol. The van der Waals surface area contributed by atoms with Crippen LogP contribution in [0.1, 0.15) is 31.8 Å². The van der Waals surface area contributed by atoms with Gasteiger partial charge in [-0.05, 0) is 75.6 Å². The fourth-order valence-corrected chi connectivity index (χ4v) is 3.42. The molecule has 0 radical (unpaired) electrons. The van der Waals surface area contributed by atoms with Crippen LogP contribution in [0, 0.1) is 0 Å². The fraction of sp³-hybridized carbons (Fsp3) is 0.0833. The molecule has 0 bridgehead atoms. The number of benzene rings is 2. The lowest BCUT2D eigenvalue weighted by Crippen LogP contribution is -2.28. The predicted molar refractivity (Wildman–Crippen MR) is 125 cm³/mol. The molecule has 0 saturated carbocycles. The van der Waals surface area contributed by atoms with E-state index in [0.29, 0.717) is 15.6 Å². The number of hydrogen-bond donors (Lipinski definition) is 3. The van der Waals surface area contributed by atoms with Crippen LogP contribution in [0.15, 0.2) is 77.2 Å². The van der Waals surface area contributed by atoms with Gasteiger partial charge in [-0.15, -0.1) is 0 Å². The van der Waals surface area contributed by atoms with Crippen molar-refractivity contribution < 1.29 is 24.2 Å². The molecule has 0 atom stereocenters. The van der Waals surface area contributed by atoms with Gasteiger partial charge in [-0.25, -0.2) is 4.79 Å². The molecule has 33 heavy (non-hydrogen) atoms. The van der Waals surface area contributed by atoms with Crippen LogP contribution in [0.25, 0.3) is 6.08 Å². The maximum Gasteiger partial charge on any atom is 0.354 e. The Hall–Kier alpha value is -3.98. The molecule has 2 amide bonds. The lowest BCUT2D eigenvalue weighted by molar-refractivity contribution is -0.136. The molecule has 168 valence electrons. The minimum atomic E-state index is -0.709. The molecule has 0 fully saturated rings. The third-order valence-electron chi connectivity index (χ3n) is 4.51. The van der Waals surface area contributed by atoms with Crippen LogP contribution in [-0.4, -0.2) is 35.0 Å². The van der Waals surface area contributed by atoms with Crippen LogP contribution < -0.4 is 10.6 Å². The Labute approximate surface area is 198 Å². The number of phenols is 1. The summed E-state index contributed by atoms with van der Waals surface area (Å²) in [6.07, 6.45) is 4.59. The first-order valence-electron chi connectivity index (χ1n) is 9.74. The third-order valence-corrected chi connectivity index (χ3v) is 5.17. The normalized spacial score (nSPS) is 10.9. The van der Waals surface area contributed by atoms with Gasteiger partial charge in [0.05, 0.1) is 12.7 Å². The van der Waals surface area contributed by atoms with Crippen molar-refractivity contribution in [3.63, 3.8) is 0 Å². The van der Waals surface area contributed by atoms with Crippen molar-refractivity contribution in [3.8, 4) is 5.75 Å². The number of aromatic nitrogens is 1. The van der Waals surface area contributed by atoms with E-state index >= 15 is 0 Å². The smallest absolute Gasteiger partial charge is 0.354 e. The van der Waals surface area contributed by atoms with E-state index in [2.05, 4.69) is 31.5 Å². The van der Waals surface area contributed by atoms with Crippen LogP contribution in [-0.2, 0) is 16.1 Å². The fourth-order valence-electron chi connectivity index (χ4n) is 2.86. The molecule has 3 aromatic rings. The van der Waals surface area contributed by atoms with Crippen LogP contribution in [0.3, 0.4) is 0 Å². The Morgan fingerprint density at radius 3 is 2.48 bits per heavy atom. The number of aromatic hydroxyl groups is 1. The molecule has 0 spiro atoms. The topological polar surface area (TPSA) is 118 Å². The van der Waals surface area contributed by atoms with Gasteiger partial charge in [-0.1, -0.05) is 12.1 Å². The number of carbonyl (C=O) groups excluding carboxylic acids is 3. The summed E-state index contributed by atoms with van der Waals surface area (Å²) in [6, 6.07) is 14.4. The number of carbonyl (C=O) groups is 3. The van der Waals surface area contributed by atoms with Crippen LogP contribution in [0.4, 0.5) is 0 Å². The number of rotatable bonds is 7. The molecule has 0 aliphatic carbocycles. The molecule has 1 aromatic heterocycles. The molecule has 3 rings (SSSR count). The first-order chi connectivity index (χ1) is 15.9. The summed E-state index contributed by atoms with van der Waals surface area (Å²) in [7, 11) is 1.22. The van der Waals surface area contributed by atoms with Gasteiger partial charge in [0.25, 0.3) is 11.8 Å². The summed E-state index contributed by atoms with van der Waals surface area (Å²) in [5.74, 6) is -1.50. The number of amides is 2. The number of hydrogen-bond acceptors (Lipinski definition) is 6. The Balaban J connectivity index is 1.72. The molecule has 2 aromatic carbocycles.